The molecule has 2 rings (SSSR count). The van der Waals surface area contributed by atoms with Gasteiger partial charge in [-0.2, -0.15) is 18.2 Å². The average molecular weight is 366 g/mol. The van der Waals surface area contributed by atoms with Crippen molar-refractivity contribution in [3.05, 3.63) is 28.2 Å². The Balaban J connectivity index is 2.21. The second-order valence-corrected chi connectivity index (χ2v) is 5.86. The van der Waals surface area contributed by atoms with E-state index < -0.39 is 12.1 Å². The lowest BCUT2D eigenvalue weighted by Crippen LogP contribution is -2.27. The number of hydrogen-bond acceptors (Lipinski definition) is 3. The molecule has 1 atom stereocenters. The molecule has 1 unspecified atom stereocenters. The number of rotatable bonds is 3. The quantitative estimate of drug-likeness (QED) is 0.796. The van der Waals surface area contributed by atoms with Gasteiger partial charge in [0.05, 0.1) is 12.0 Å². The van der Waals surface area contributed by atoms with Gasteiger partial charge in [-0.1, -0.05) is 11.6 Å². The largest absolute Gasteiger partial charge is 0.429 e. The van der Waals surface area contributed by atoms with Crippen LogP contribution in [0.15, 0.2) is 28.2 Å². The number of aromatic nitrogens is 3. The molecule has 1 aromatic heterocycles. The maximum atomic E-state index is 13.0. The summed E-state index contributed by atoms with van der Waals surface area (Å²) in [6, 6.07) is 0.163. The van der Waals surface area contributed by atoms with Crippen LogP contribution in [-0.2, 0) is 0 Å². The van der Waals surface area contributed by atoms with E-state index in [-0.39, 0.29) is 29.8 Å². The van der Waals surface area contributed by atoms with E-state index in [1.54, 1.807) is 6.08 Å². The minimum atomic E-state index is -4.28. The van der Waals surface area contributed by atoms with Gasteiger partial charge in [0.2, 0.25) is 4.73 Å². The summed E-state index contributed by atoms with van der Waals surface area (Å²) >= 11 is 3.13. The summed E-state index contributed by atoms with van der Waals surface area (Å²) in [7, 11) is 0. The Bertz CT molecular complexity index is 590. The van der Waals surface area contributed by atoms with E-state index >= 15 is 0 Å². The molecule has 1 aromatic rings. The minimum absolute atomic E-state index is 0.0151. The third-order valence-electron chi connectivity index (χ3n) is 3.17. The van der Waals surface area contributed by atoms with E-state index in [0.29, 0.717) is 4.73 Å². The summed E-state index contributed by atoms with van der Waals surface area (Å²) in [4.78, 5) is 4.04. The second kappa shape index (κ2) is 5.82. The Hall–Kier alpha value is -1.31. The van der Waals surface area contributed by atoms with Crippen molar-refractivity contribution in [1.82, 2.24) is 14.8 Å². The molecule has 0 amide bonds. The van der Waals surface area contributed by atoms with Crippen LogP contribution in [0.3, 0.4) is 0 Å². The van der Waals surface area contributed by atoms with E-state index in [2.05, 4.69) is 26.0 Å². The molecular weight excluding hydrogens is 351 g/mol. The molecule has 1 aliphatic rings. The molecule has 0 radical (unpaired) electrons. The summed E-state index contributed by atoms with van der Waals surface area (Å²) in [6.45, 7) is 5.23. The Morgan fingerprint density at radius 1 is 1.38 bits per heavy atom. The minimum Gasteiger partial charge on any atom is -0.429 e. The van der Waals surface area contributed by atoms with Gasteiger partial charge in [-0.3, -0.25) is 0 Å². The lowest BCUT2D eigenvalue weighted by Gasteiger charge is -2.25. The molecular formula is C13H15BrF3N3O. The van der Waals surface area contributed by atoms with Gasteiger partial charge < -0.3 is 4.74 Å². The molecule has 0 spiro atoms. The number of ether oxygens (including phenoxy) is 1. The Labute approximate surface area is 128 Å². The van der Waals surface area contributed by atoms with Gasteiger partial charge in [0.15, 0.2) is 0 Å². The highest BCUT2D eigenvalue weighted by atomic mass is 79.9. The molecule has 0 bridgehead atoms. The van der Waals surface area contributed by atoms with Crippen LogP contribution in [0.2, 0.25) is 0 Å². The van der Waals surface area contributed by atoms with Crippen molar-refractivity contribution in [1.29, 1.82) is 0 Å². The zero-order valence-electron chi connectivity index (χ0n) is 11.8. The lowest BCUT2D eigenvalue weighted by molar-refractivity contribution is -0.165. The summed E-state index contributed by atoms with van der Waals surface area (Å²) in [5.41, 5.74) is 0.279. The predicted octanol–water partition coefficient (Wildman–Crippen LogP) is 4.41. The van der Waals surface area contributed by atoms with Crippen molar-refractivity contribution >= 4 is 15.9 Å². The topological polar surface area (TPSA) is 39.9 Å². The molecule has 8 heteroatoms. The number of nitrogens with zero attached hydrogens (tertiary/aromatic N) is 3. The highest BCUT2D eigenvalue weighted by Gasteiger charge is 2.42. The van der Waals surface area contributed by atoms with Crippen LogP contribution in [0.25, 0.3) is 0 Å². The third kappa shape index (κ3) is 3.66. The van der Waals surface area contributed by atoms with Crippen molar-refractivity contribution in [2.24, 2.45) is 5.92 Å². The van der Waals surface area contributed by atoms with Crippen molar-refractivity contribution in [2.75, 3.05) is 0 Å². The monoisotopic (exact) mass is 365 g/mol. The first-order valence-electron chi connectivity index (χ1n) is 6.42. The smallest absolute Gasteiger partial charge is 0.395 e. The van der Waals surface area contributed by atoms with Crippen LogP contribution in [0.5, 0.6) is 6.01 Å². The van der Waals surface area contributed by atoms with Crippen LogP contribution in [0, 0.1) is 5.92 Å². The molecule has 4 nitrogen and oxygen atoms in total. The zero-order valence-corrected chi connectivity index (χ0v) is 13.4. The molecule has 21 heavy (non-hydrogen) atoms. The summed E-state index contributed by atoms with van der Waals surface area (Å²) < 4.78 is 46.2. The molecule has 0 aromatic carbocycles. The summed E-state index contributed by atoms with van der Waals surface area (Å²) in [5, 5.41) is 4.09. The first kappa shape index (κ1) is 16.1. The van der Waals surface area contributed by atoms with Crippen molar-refractivity contribution in [3.8, 4) is 6.01 Å². The summed E-state index contributed by atoms with van der Waals surface area (Å²) in [6.07, 6.45) is -1.53. The van der Waals surface area contributed by atoms with Gasteiger partial charge in [0.1, 0.15) is 5.76 Å². The Kier molecular flexibility index (Phi) is 4.46. The van der Waals surface area contributed by atoms with Gasteiger partial charge in [-0.05, 0) is 42.8 Å². The van der Waals surface area contributed by atoms with Gasteiger partial charge in [0.25, 0.3) is 0 Å². The van der Waals surface area contributed by atoms with Crippen LogP contribution < -0.4 is 4.74 Å². The number of allylic oxidation sites excluding steroid dienone is 4. The zero-order chi connectivity index (χ0) is 15.8. The molecule has 116 valence electrons. The van der Waals surface area contributed by atoms with Crippen LogP contribution >= 0.6 is 15.9 Å². The number of alkyl halides is 3. The first-order valence-corrected chi connectivity index (χ1v) is 7.21. The Morgan fingerprint density at radius 3 is 2.62 bits per heavy atom. The normalized spacial score (nSPS) is 19.5. The molecule has 0 saturated carbocycles. The highest BCUT2D eigenvalue weighted by molar-refractivity contribution is 9.10. The van der Waals surface area contributed by atoms with E-state index in [0.717, 1.165) is 0 Å². The standard InChI is InChI=1S/C13H15BrF3N3O/c1-7(2)20-12(18-11(14)19-20)21-9-5-4-8(3)10(6-9)13(15,16)17/h4-5,7,10H,6H2,1-3H3. The second-order valence-electron chi connectivity index (χ2n) is 5.15. The highest BCUT2D eigenvalue weighted by Crippen LogP contribution is 2.39. The fourth-order valence-electron chi connectivity index (χ4n) is 2.03. The first-order chi connectivity index (χ1) is 9.68. The Morgan fingerprint density at radius 2 is 2.05 bits per heavy atom. The predicted molar refractivity (Wildman–Crippen MR) is 74.7 cm³/mol. The van der Waals surface area contributed by atoms with Gasteiger partial charge >= 0.3 is 12.2 Å². The van der Waals surface area contributed by atoms with E-state index in [1.807, 2.05) is 13.8 Å². The molecule has 0 aliphatic heterocycles. The van der Waals surface area contributed by atoms with Crippen LogP contribution in [-0.4, -0.2) is 20.9 Å². The van der Waals surface area contributed by atoms with E-state index in [1.165, 1.54) is 17.7 Å². The molecule has 1 aliphatic carbocycles. The number of hydrogen-bond donors (Lipinski definition) is 0. The fourth-order valence-corrected chi connectivity index (χ4v) is 2.35. The van der Waals surface area contributed by atoms with Gasteiger partial charge in [-0.25, -0.2) is 4.68 Å². The maximum absolute atomic E-state index is 13.0. The van der Waals surface area contributed by atoms with Crippen molar-refractivity contribution in [2.45, 2.75) is 39.4 Å². The summed E-state index contributed by atoms with van der Waals surface area (Å²) in [5.74, 6) is -1.29. The van der Waals surface area contributed by atoms with Crippen LogP contribution in [0.4, 0.5) is 13.2 Å². The number of halogens is 4. The maximum Gasteiger partial charge on any atom is 0.395 e. The van der Waals surface area contributed by atoms with Gasteiger partial charge in [0, 0.05) is 6.42 Å². The average Bonchev–Trinajstić information content (AvgIpc) is 2.71. The molecule has 0 fully saturated rings. The fraction of sp³-hybridized carbons (Fsp3) is 0.538. The molecule has 1 heterocycles. The van der Waals surface area contributed by atoms with E-state index in [4.69, 9.17) is 4.74 Å². The SMILES string of the molecule is CC1=CC=C(Oc2nc(Br)nn2C(C)C)CC1C(F)(F)F. The molecule has 0 saturated heterocycles. The van der Waals surface area contributed by atoms with Crippen molar-refractivity contribution in [3.63, 3.8) is 0 Å². The van der Waals surface area contributed by atoms with Crippen LogP contribution in [0.1, 0.15) is 33.2 Å². The lowest BCUT2D eigenvalue weighted by atomic mass is 9.91. The third-order valence-corrected chi connectivity index (χ3v) is 3.50. The molecule has 0 N–H and O–H groups in total. The van der Waals surface area contributed by atoms with Crippen molar-refractivity contribution < 1.29 is 17.9 Å². The van der Waals surface area contributed by atoms with E-state index in [9.17, 15) is 13.2 Å². The van der Waals surface area contributed by atoms with Gasteiger partial charge in [-0.15, -0.1) is 5.10 Å².